The van der Waals surface area contributed by atoms with E-state index in [9.17, 15) is 4.79 Å². The van der Waals surface area contributed by atoms with E-state index in [0.717, 1.165) is 29.0 Å². The maximum Gasteiger partial charge on any atom is 0.227 e. The zero-order chi connectivity index (χ0) is 18.4. The number of ether oxygens (including phenoxy) is 2. The lowest BCUT2D eigenvalue weighted by Gasteiger charge is -2.30. The molecule has 138 valence electrons. The van der Waals surface area contributed by atoms with Crippen LogP contribution in [0.25, 0.3) is 0 Å². The first-order chi connectivity index (χ1) is 12.6. The molecule has 1 heterocycles. The predicted octanol–water partition coefficient (Wildman–Crippen LogP) is 4.35. The lowest BCUT2D eigenvalue weighted by atomic mass is 10.2. The molecular weight excluding hydrogens is 420 g/mol. The normalized spacial score (nSPS) is 14.2. The molecule has 1 saturated heterocycles. The highest BCUT2D eigenvalue weighted by molar-refractivity contribution is 9.10. The molecule has 5 nitrogen and oxygen atoms in total. The number of carbonyl (C=O) groups excluding carboxylic acids is 1. The molecule has 26 heavy (non-hydrogen) atoms. The van der Waals surface area contributed by atoms with Crippen LogP contribution < -0.4 is 15.0 Å². The molecule has 0 saturated carbocycles. The van der Waals surface area contributed by atoms with Gasteiger partial charge < -0.3 is 19.7 Å². The first-order valence-corrected chi connectivity index (χ1v) is 9.59. The molecule has 0 radical (unpaired) electrons. The second kappa shape index (κ2) is 9.26. The van der Waals surface area contributed by atoms with Crippen LogP contribution in [0.4, 0.5) is 11.4 Å². The van der Waals surface area contributed by atoms with E-state index >= 15 is 0 Å². The Hall–Kier alpha value is -1.76. The van der Waals surface area contributed by atoms with Crippen molar-refractivity contribution in [1.29, 1.82) is 0 Å². The summed E-state index contributed by atoms with van der Waals surface area (Å²) >= 11 is 9.51. The molecule has 0 unspecified atom stereocenters. The number of carbonyl (C=O) groups is 1. The Morgan fingerprint density at radius 3 is 2.81 bits per heavy atom. The SMILES string of the molecule is O=C(CCOc1cccc(Br)c1)Nc1cc(Cl)ccc1N1CCOCC1. The number of benzene rings is 2. The van der Waals surface area contributed by atoms with Gasteiger partial charge in [0.15, 0.2) is 0 Å². The van der Waals surface area contributed by atoms with Crippen molar-refractivity contribution in [2.24, 2.45) is 0 Å². The molecule has 7 heteroatoms. The number of hydrogen-bond donors (Lipinski definition) is 1. The zero-order valence-electron chi connectivity index (χ0n) is 14.2. The quantitative estimate of drug-likeness (QED) is 0.727. The van der Waals surface area contributed by atoms with Gasteiger partial charge in [-0.2, -0.15) is 0 Å². The summed E-state index contributed by atoms with van der Waals surface area (Å²) in [7, 11) is 0. The van der Waals surface area contributed by atoms with Crippen molar-refractivity contribution in [3.8, 4) is 5.75 Å². The van der Waals surface area contributed by atoms with Crippen LogP contribution in [0.3, 0.4) is 0 Å². The van der Waals surface area contributed by atoms with Gasteiger partial charge in [0.05, 0.1) is 37.6 Å². The lowest BCUT2D eigenvalue weighted by Crippen LogP contribution is -2.36. The monoisotopic (exact) mass is 438 g/mol. The molecule has 0 aromatic heterocycles. The first kappa shape index (κ1) is 19.0. The molecule has 0 spiro atoms. The second-order valence-corrected chi connectivity index (χ2v) is 7.22. The molecular formula is C19H20BrClN2O3. The molecule has 0 bridgehead atoms. The van der Waals surface area contributed by atoms with Crippen molar-refractivity contribution in [3.63, 3.8) is 0 Å². The maximum absolute atomic E-state index is 12.3. The Labute approximate surface area is 166 Å². The summed E-state index contributed by atoms with van der Waals surface area (Å²) in [6.45, 7) is 3.23. The van der Waals surface area contributed by atoms with Crippen molar-refractivity contribution in [2.45, 2.75) is 6.42 Å². The van der Waals surface area contributed by atoms with Crippen molar-refractivity contribution in [1.82, 2.24) is 0 Å². The van der Waals surface area contributed by atoms with Crippen molar-refractivity contribution in [3.05, 3.63) is 52.0 Å². The molecule has 1 fully saturated rings. The van der Waals surface area contributed by atoms with Gasteiger partial charge in [0.1, 0.15) is 5.75 Å². The highest BCUT2D eigenvalue weighted by Crippen LogP contribution is 2.30. The van der Waals surface area contributed by atoms with Crippen LogP contribution in [0.5, 0.6) is 5.75 Å². The van der Waals surface area contributed by atoms with E-state index in [1.807, 2.05) is 36.4 Å². The minimum absolute atomic E-state index is 0.114. The highest BCUT2D eigenvalue weighted by atomic mass is 79.9. The van der Waals surface area contributed by atoms with E-state index in [2.05, 4.69) is 26.1 Å². The number of anilines is 2. The van der Waals surface area contributed by atoms with E-state index < -0.39 is 0 Å². The Kier molecular flexibility index (Phi) is 6.77. The van der Waals surface area contributed by atoms with Crippen LogP contribution in [0, 0.1) is 0 Å². The number of nitrogens with zero attached hydrogens (tertiary/aromatic N) is 1. The van der Waals surface area contributed by atoms with Gasteiger partial charge in [-0.15, -0.1) is 0 Å². The number of morpholine rings is 1. The van der Waals surface area contributed by atoms with Crippen LogP contribution >= 0.6 is 27.5 Å². The number of rotatable bonds is 6. The largest absolute Gasteiger partial charge is 0.493 e. The van der Waals surface area contributed by atoms with E-state index in [1.165, 1.54) is 0 Å². The third-order valence-corrected chi connectivity index (χ3v) is 4.71. The minimum Gasteiger partial charge on any atom is -0.493 e. The van der Waals surface area contributed by atoms with E-state index in [-0.39, 0.29) is 12.3 Å². The van der Waals surface area contributed by atoms with Gasteiger partial charge in [-0.05, 0) is 36.4 Å². The van der Waals surface area contributed by atoms with E-state index in [0.29, 0.717) is 30.5 Å². The third-order valence-electron chi connectivity index (χ3n) is 3.98. The first-order valence-electron chi connectivity index (χ1n) is 8.42. The number of halogens is 2. The fourth-order valence-corrected chi connectivity index (χ4v) is 3.27. The molecule has 0 atom stereocenters. The van der Waals surface area contributed by atoms with Gasteiger partial charge in [-0.3, -0.25) is 4.79 Å². The van der Waals surface area contributed by atoms with Gasteiger partial charge in [-0.1, -0.05) is 33.6 Å². The summed E-state index contributed by atoms with van der Waals surface area (Å²) in [6, 6.07) is 13.1. The van der Waals surface area contributed by atoms with Gasteiger partial charge in [-0.25, -0.2) is 0 Å². The van der Waals surface area contributed by atoms with E-state index in [4.69, 9.17) is 21.1 Å². The standard InChI is InChI=1S/C19H20BrClN2O3/c20-14-2-1-3-16(12-14)26-9-6-19(24)22-17-13-15(21)4-5-18(17)23-7-10-25-11-8-23/h1-5,12-13H,6-11H2,(H,22,24). The molecule has 3 rings (SSSR count). The molecule has 2 aromatic carbocycles. The van der Waals surface area contributed by atoms with Gasteiger partial charge >= 0.3 is 0 Å². The minimum atomic E-state index is -0.114. The highest BCUT2D eigenvalue weighted by Gasteiger charge is 2.16. The molecule has 0 aliphatic carbocycles. The molecule has 1 aliphatic heterocycles. The van der Waals surface area contributed by atoms with Crippen LogP contribution in [-0.2, 0) is 9.53 Å². The molecule has 1 amide bonds. The summed E-state index contributed by atoms with van der Waals surface area (Å²) in [5, 5.41) is 3.54. The summed E-state index contributed by atoms with van der Waals surface area (Å²) in [5.41, 5.74) is 1.67. The lowest BCUT2D eigenvalue weighted by molar-refractivity contribution is -0.116. The van der Waals surface area contributed by atoms with E-state index in [1.54, 1.807) is 6.07 Å². The summed E-state index contributed by atoms with van der Waals surface area (Å²) in [5.74, 6) is 0.612. The third kappa shape index (κ3) is 5.37. The van der Waals surface area contributed by atoms with Crippen molar-refractivity contribution >= 4 is 44.8 Å². The average molecular weight is 440 g/mol. The molecule has 1 N–H and O–H groups in total. The van der Waals surface area contributed by atoms with Crippen LogP contribution in [0.15, 0.2) is 46.9 Å². The number of amides is 1. The Balaban J connectivity index is 1.58. The van der Waals surface area contributed by atoms with Gasteiger partial charge in [0, 0.05) is 22.6 Å². The Bertz CT molecular complexity index is 766. The summed E-state index contributed by atoms with van der Waals surface area (Å²) in [4.78, 5) is 14.5. The Morgan fingerprint density at radius 1 is 1.23 bits per heavy atom. The zero-order valence-corrected chi connectivity index (χ0v) is 16.6. The van der Waals surface area contributed by atoms with Gasteiger partial charge in [0.2, 0.25) is 5.91 Å². The van der Waals surface area contributed by atoms with Crippen molar-refractivity contribution < 1.29 is 14.3 Å². The fourth-order valence-electron chi connectivity index (χ4n) is 2.72. The van der Waals surface area contributed by atoms with Crippen LogP contribution in [-0.4, -0.2) is 38.8 Å². The molecule has 1 aliphatic rings. The van der Waals surface area contributed by atoms with Crippen molar-refractivity contribution in [2.75, 3.05) is 43.1 Å². The second-order valence-electron chi connectivity index (χ2n) is 5.86. The maximum atomic E-state index is 12.3. The Morgan fingerprint density at radius 2 is 2.04 bits per heavy atom. The molecule has 2 aromatic rings. The predicted molar refractivity (Wildman–Crippen MR) is 107 cm³/mol. The summed E-state index contributed by atoms with van der Waals surface area (Å²) < 4.78 is 12.0. The van der Waals surface area contributed by atoms with Crippen LogP contribution in [0.1, 0.15) is 6.42 Å². The average Bonchev–Trinajstić information content (AvgIpc) is 2.63. The fraction of sp³-hybridized carbons (Fsp3) is 0.316. The topological polar surface area (TPSA) is 50.8 Å². The smallest absolute Gasteiger partial charge is 0.227 e. The number of hydrogen-bond acceptors (Lipinski definition) is 4. The van der Waals surface area contributed by atoms with Crippen LogP contribution in [0.2, 0.25) is 5.02 Å². The summed E-state index contributed by atoms with van der Waals surface area (Å²) in [6.07, 6.45) is 0.252. The van der Waals surface area contributed by atoms with Gasteiger partial charge in [0.25, 0.3) is 0 Å². The number of nitrogens with one attached hydrogen (secondary N) is 1.